The van der Waals surface area contributed by atoms with Gasteiger partial charge in [-0.25, -0.2) is 0 Å². The normalized spacial score (nSPS) is 36.3. The molecule has 4 atom stereocenters. The average molecular weight is 257 g/mol. The maximum atomic E-state index is 3.84. The number of benzene rings is 1. The van der Waals surface area contributed by atoms with Crippen LogP contribution in [0.4, 0.5) is 0 Å². The molecule has 0 heterocycles. The van der Waals surface area contributed by atoms with Crippen molar-refractivity contribution in [3.05, 3.63) is 35.4 Å². The molecule has 2 aliphatic carbocycles. The van der Waals surface area contributed by atoms with Gasteiger partial charge in [-0.1, -0.05) is 45.0 Å². The van der Waals surface area contributed by atoms with E-state index in [4.69, 9.17) is 0 Å². The summed E-state index contributed by atoms with van der Waals surface area (Å²) >= 11 is 0. The van der Waals surface area contributed by atoms with Crippen molar-refractivity contribution in [1.29, 1.82) is 0 Å². The van der Waals surface area contributed by atoms with Crippen LogP contribution in [0.1, 0.15) is 57.1 Å². The largest absolute Gasteiger partial charge is 0.313 e. The number of hydrogen-bond acceptors (Lipinski definition) is 1. The third kappa shape index (κ3) is 1.86. The summed E-state index contributed by atoms with van der Waals surface area (Å²) < 4.78 is 0. The smallest absolute Gasteiger partial charge is 0.0161 e. The summed E-state index contributed by atoms with van der Waals surface area (Å²) in [6.45, 7) is 8.31. The molecular weight excluding hydrogens is 230 g/mol. The lowest BCUT2D eigenvalue weighted by Crippen LogP contribution is -2.64. The lowest BCUT2D eigenvalue weighted by molar-refractivity contribution is -0.0397. The van der Waals surface area contributed by atoms with Crippen molar-refractivity contribution in [3.8, 4) is 0 Å². The summed E-state index contributed by atoms with van der Waals surface area (Å²) in [5, 5.41) is 3.84. The van der Waals surface area contributed by atoms with E-state index in [2.05, 4.69) is 50.4 Å². The van der Waals surface area contributed by atoms with E-state index in [-0.39, 0.29) is 0 Å². The topological polar surface area (TPSA) is 12.0 Å². The summed E-state index contributed by atoms with van der Waals surface area (Å²) in [5.41, 5.74) is 3.71. The average Bonchev–Trinajstić information content (AvgIpc) is 2.45. The number of nitrogens with one attached hydrogen (secondary N) is 1. The highest BCUT2D eigenvalue weighted by Gasteiger charge is 2.59. The molecule has 0 bridgehead atoms. The molecule has 1 fully saturated rings. The van der Waals surface area contributed by atoms with E-state index >= 15 is 0 Å². The second kappa shape index (κ2) is 4.94. The lowest BCUT2D eigenvalue weighted by atomic mass is 9.45. The van der Waals surface area contributed by atoms with Gasteiger partial charge in [0.05, 0.1) is 0 Å². The molecule has 1 aromatic rings. The summed E-state index contributed by atoms with van der Waals surface area (Å²) in [5.74, 6) is 1.66. The number of fused-ring (bicyclic) bond motifs is 3. The molecule has 104 valence electrons. The van der Waals surface area contributed by atoms with E-state index in [9.17, 15) is 0 Å². The van der Waals surface area contributed by atoms with Crippen LogP contribution in [0, 0.1) is 11.3 Å². The molecular formula is C18H27N. The Balaban J connectivity index is 1.90. The van der Waals surface area contributed by atoms with E-state index in [1.54, 1.807) is 11.1 Å². The summed E-state index contributed by atoms with van der Waals surface area (Å²) in [7, 11) is 0. The molecule has 0 spiro atoms. The van der Waals surface area contributed by atoms with Crippen molar-refractivity contribution < 1.29 is 0 Å². The van der Waals surface area contributed by atoms with Gasteiger partial charge in [0, 0.05) is 6.04 Å². The van der Waals surface area contributed by atoms with E-state index in [1.165, 1.54) is 32.2 Å². The van der Waals surface area contributed by atoms with Gasteiger partial charge in [0.25, 0.3) is 0 Å². The monoisotopic (exact) mass is 257 g/mol. The Bertz CT molecular complexity index is 453. The molecule has 2 aliphatic rings. The first-order valence-corrected chi connectivity index (χ1v) is 8.03. The molecule has 0 aliphatic heterocycles. The molecule has 0 aromatic heterocycles. The Morgan fingerprint density at radius 1 is 1.26 bits per heavy atom. The SMILES string of the molecule is CCCNC1C2CCc3ccccc3C2C1(C)CC. The number of hydrogen-bond donors (Lipinski definition) is 1. The maximum Gasteiger partial charge on any atom is 0.0161 e. The van der Waals surface area contributed by atoms with Crippen LogP contribution >= 0.6 is 0 Å². The third-order valence-corrected chi connectivity index (χ3v) is 5.79. The van der Waals surface area contributed by atoms with E-state index in [0.717, 1.165) is 17.9 Å². The van der Waals surface area contributed by atoms with Gasteiger partial charge < -0.3 is 5.32 Å². The van der Waals surface area contributed by atoms with Gasteiger partial charge in [-0.15, -0.1) is 0 Å². The van der Waals surface area contributed by atoms with Crippen molar-refractivity contribution in [1.82, 2.24) is 5.32 Å². The predicted molar refractivity (Wildman–Crippen MR) is 81.5 cm³/mol. The van der Waals surface area contributed by atoms with Gasteiger partial charge in [-0.2, -0.15) is 0 Å². The van der Waals surface area contributed by atoms with E-state index < -0.39 is 0 Å². The minimum Gasteiger partial charge on any atom is -0.313 e. The Morgan fingerprint density at radius 2 is 2.05 bits per heavy atom. The Labute approximate surface area is 117 Å². The number of aryl methyl sites for hydroxylation is 1. The first-order chi connectivity index (χ1) is 9.22. The van der Waals surface area contributed by atoms with Crippen LogP contribution < -0.4 is 5.32 Å². The second-order valence-electron chi connectivity index (χ2n) is 6.67. The van der Waals surface area contributed by atoms with Gasteiger partial charge in [-0.05, 0) is 60.6 Å². The molecule has 1 aromatic carbocycles. The zero-order valence-corrected chi connectivity index (χ0v) is 12.6. The Hall–Kier alpha value is -0.820. The van der Waals surface area contributed by atoms with Crippen LogP contribution in [0.3, 0.4) is 0 Å². The standard InChI is InChI=1S/C18H27N/c1-4-12-19-17-15-11-10-13-8-6-7-9-14(13)16(15)18(17,3)5-2/h6-9,15-17,19H,4-5,10-12H2,1-3H3. The number of rotatable bonds is 4. The Morgan fingerprint density at radius 3 is 2.79 bits per heavy atom. The summed E-state index contributed by atoms with van der Waals surface area (Å²) in [4.78, 5) is 0. The maximum absolute atomic E-state index is 3.84. The second-order valence-corrected chi connectivity index (χ2v) is 6.67. The molecule has 1 nitrogen and oxygen atoms in total. The highest BCUT2D eigenvalue weighted by Crippen LogP contribution is 2.62. The van der Waals surface area contributed by atoms with Crippen LogP contribution in [-0.2, 0) is 6.42 Å². The van der Waals surface area contributed by atoms with Crippen molar-refractivity contribution >= 4 is 0 Å². The quantitative estimate of drug-likeness (QED) is 0.855. The summed E-state index contributed by atoms with van der Waals surface area (Å²) in [6, 6.07) is 9.89. The molecule has 1 heteroatoms. The first kappa shape index (κ1) is 13.2. The van der Waals surface area contributed by atoms with E-state index in [0.29, 0.717) is 5.41 Å². The van der Waals surface area contributed by atoms with Gasteiger partial charge in [0.2, 0.25) is 0 Å². The van der Waals surface area contributed by atoms with Gasteiger partial charge in [-0.3, -0.25) is 0 Å². The molecule has 19 heavy (non-hydrogen) atoms. The Kier molecular flexibility index (Phi) is 3.42. The van der Waals surface area contributed by atoms with Crippen molar-refractivity contribution in [2.45, 2.75) is 58.4 Å². The fourth-order valence-corrected chi connectivity index (χ4v) is 4.68. The molecule has 0 amide bonds. The molecule has 1 N–H and O–H groups in total. The third-order valence-electron chi connectivity index (χ3n) is 5.79. The lowest BCUT2D eigenvalue weighted by Gasteiger charge is -2.63. The molecule has 0 saturated heterocycles. The van der Waals surface area contributed by atoms with E-state index in [1.807, 2.05) is 0 Å². The van der Waals surface area contributed by atoms with Crippen molar-refractivity contribution in [2.75, 3.05) is 6.54 Å². The molecule has 3 rings (SSSR count). The molecule has 0 radical (unpaired) electrons. The van der Waals surface area contributed by atoms with Crippen LogP contribution in [-0.4, -0.2) is 12.6 Å². The van der Waals surface area contributed by atoms with Crippen LogP contribution in [0.2, 0.25) is 0 Å². The summed E-state index contributed by atoms with van der Waals surface area (Å²) in [6.07, 6.45) is 5.17. The molecule has 1 saturated carbocycles. The molecule has 4 unspecified atom stereocenters. The predicted octanol–water partition coefficient (Wildman–Crippen LogP) is 4.13. The first-order valence-electron chi connectivity index (χ1n) is 8.03. The van der Waals surface area contributed by atoms with Gasteiger partial charge in [0.1, 0.15) is 0 Å². The fraction of sp³-hybridized carbons (Fsp3) is 0.667. The zero-order chi connectivity index (χ0) is 13.5. The fourth-order valence-electron chi connectivity index (χ4n) is 4.68. The van der Waals surface area contributed by atoms with Gasteiger partial charge >= 0.3 is 0 Å². The van der Waals surface area contributed by atoms with Gasteiger partial charge in [0.15, 0.2) is 0 Å². The van der Waals surface area contributed by atoms with Crippen molar-refractivity contribution in [3.63, 3.8) is 0 Å². The minimum absolute atomic E-state index is 0.455. The van der Waals surface area contributed by atoms with Crippen LogP contribution in [0.25, 0.3) is 0 Å². The van der Waals surface area contributed by atoms with Crippen molar-refractivity contribution in [2.24, 2.45) is 11.3 Å². The highest BCUT2D eigenvalue weighted by molar-refractivity contribution is 5.39. The zero-order valence-electron chi connectivity index (χ0n) is 12.6. The van der Waals surface area contributed by atoms with Crippen LogP contribution in [0.5, 0.6) is 0 Å². The van der Waals surface area contributed by atoms with Crippen LogP contribution in [0.15, 0.2) is 24.3 Å². The highest BCUT2D eigenvalue weighted by atomic mass is 15.0. The minimum atomic E-state index is 0.455.